The Morgan fingerprint density at radius 1 is 0.771 bits per heavy atom. The summed E-state index contributed by atoms with van der Waals surface area (Å²) in [4.78, 5) is 26.8. The summed E-state index contributed by atoms with van der Waals surface area (Å²) in [6.07, 6.45) is 5.43. The van der Waals surface area contributed by atoms with Gasteiger partial charge in [0, 0.05) is 35.2 Å². The van der Waals surface area contributed by atoms with Gasteiger partial charge in [0.2, 0.25) is 12.5 Å². The average Bonchev–Trinajstić information content (AvgIpc) is 3.79. The number of esters is 1. The van der Waals surface area contributed by atoms with Gasteiger partial charge in [0.1, 0.15) is 11.5 Å². The highest BCUT2D eigenvalue weighted by Crippen LogP contribution is 2.62. The number of carbonyl (C=O) groups excluding carboxylic acids is 2. The minimum atomic E-state index is -0.579. The number of carbonyl (C=O) groups is 2. The number of phenolic OH excluding ortho intramolecular Hbond substituents is 2. The van der Waals surface area contributed by atoms with Crippen LogP contribution in [0.3, 0.4) is 0 Å². The van der Waals surface area contributed by atoms with Crippen LogP contribution in [0.2, 0.25) is 0 Å². The Kier molecular flexibility index (Phi) is 6.53. The Morgan fingerprint density at radius 2 is 1.48 bits per heavy atom. The van der Waals surface area contributed by atoms with Crippen molar-refractivity contribution in [1.29, 1.82) is 0 Å². The van der Waals surface area contributed by atoms with Crippen LogP contribution >= 0.6 is 0 Å². The second kappa shape index (κ2) is 10.5. The number of aromatic hydroxyl groups is 2. The van der Waals surface area contributed by atoms with Crippen LogP contribution in [0.4, 0.5) is 0 Å². The first-order chi connectivity index (χ1) is 23.2. The van der Waals surface area contributed by atoms with Crippen molar-refractivity contribution >= 4 is 11.8 Å². The number of cyclic esters (lactones) is 1. The Hall–Kier alpha value is -4.40. The minimum absolute atomic E-state index is 0.0963. The van der Waals surface area contributed by atoms with Gasteiger partial charge in [-0.3, -0.25) is 9.59 Å². The molecule has 3 aromatic rings. The maximum atomic E-state index is 13.8. The highest BCUT2D eigenvalue weighted by Gasteiger charge is 2.56. The molecule has 2 saturated carbocycles. The number of aryl methyl sites for hydroxylation is 1. The maximum absolute atomic E-state index is 13.8. The van der Waals surface area contributed by atoms with Gasteiger partial charge in [-0.2, -0.15) is 0 Å². The zero-order valence-electron chi connectivity index (χ0n) is 27.4. The predicted octanol–water partition coefficient (Wildman–Crippen LogP) is 6.34. The Bertz CT molecular complexity index is 1860. The summed E-state index contributed by atoms with van der Waals surface area (Å²) in [5.74, 6) is 1.42. The molecule has 4 aliphatic carbocycles. The van der Waals surface area contributed by atoms with Gasteiger partial charge in [0.25, 0.3) is 0 Å². The van der Waals surface area contributed by atoms with E-state index in [4.69, 9.17) is 23.7 Å². The van der Waals surface area contributed by atoms with Crippen molar-refractivity contribution in [2.24, 2.45) is 29.1 Å². The molecule has 2 N–H and O–H groups in total. The molecule has 3 fully saturated rings. The van der Waals surface area contributed by atoms with Crippen LogP contribution in [0.1, 0.15) is 90.2 Å². The lowest BCUT2D eigenvalue weighted by Crippen LogP contribution is -2.42. The monoisotopic (exact) mass is 652 g/mol. The highest BCUT2D eigenvalue weighted by molar-refractivity contribution is 5.87. The van der Waals surface area contributed by atoms with Gasteiger partial charge in [0.05, 0.1) is 26.7 Å². The number of Topliss-reactive ketones (excluding diaryl/α,β-unsaturated/α-hetero) is 1. The first-order valence-electron chi connectivity index (χ1n) is 17.2. The van der Waals surface area contributed by atoms with Gasteiger partial charge in [-0.15, -0.1) is 0 Å². The molecule has 0 bridgehead atoms. The number of hydrogen-bond acceptors (Lipinski definition) is 9. The Labute approximate surface area is 279 Å². The summed E-state index contributed by atoms with van der Waals surface area (Å²) in [6.45, 7) is 2.49. The Morgan fingerprint density at radius 3 is 2.19 bits per heavy atom. The van der Waals surface area contributed by atoms with E-state index in [0.717, 1.165) is 54.4 Å². The van der Waals surface area contributed by atoms with Gasteiger partial charge < -0.3 is 33.9 Å². The molecule has 3 aromatic carbocycles. The van der Waals surface area contributed by atoms with Crippen molar-refractivity contribution in [2.45, 2.75) is 63.2 Å². The van der Waals surface area contributed by atoms with E-state index in [1.165, 1.54) is 25.3 Å². The van der Waals surface area contributed by atoms with E-state index in [1.807, 2.05) is 18.2 Å². The number of ether oxygens (including phenoxy) is 5. The summed E-state index contributed by atoms with van der Waals surface area (Å²) in [7, 11) is 2.96. The number of phenols is 2. The van der Waals surface area contributed by atoms with Crippen molar-refractivity contribution in [3.63, 3.8) is 0 Å². The SMILES string of the molecule is COc1cc([C@@H]2c3cc4c(cc3[C@@H](c3cc5c(cc3O)CC[C@@H]3[C@@H]5CC[C@]5(C)C(=O)CC[C@@H]35)[C@H]3COC(=O)[C@H]23)OCO4)cc(OC)c1O. The number of hydrogen-bond donors (Lipinski definition) is 2. The van der Waals surface area contributed by atoms with Crippen molar-refractivity contribution in [1.82, 2.24) is 0 Å². The van der Waals surface area contributed by atoms with E-state index < -0.39 is 11.8 Å². The van der Waals surface area contributed by atoms with Crippen LogP contribution < -0.4 is 18.9 Å². The largest absolute Gasteiger partial charge is 0.508 e. The fraction of sp³-hybridized carbons (Fsp3) is 0.487. The maximum Gasteiger partial charge on any atom is 0.310 e. The summed E-state index contributed by atoms with van der Waals surface area (Å²) >= 11 is 0. The van der Waals surface area contributed by atoms with Crippen LogP contribution in [0.15, 0.2) is 36.4 Å². The first-order valence-corrected chi connectivity index (χ1v) is 17.2. The lowest BCUT2D eigenvalue weighted by molar-refractivity contribution is -0.141. The molecule has 0 aromatic heterocycles. The zero-order chi connectivity index (χ0) is 33.1. The molecule has 0 amide bonds. The molecule has 9 rings (SSSR count). The molecule has 2 heterocycles. The summed E-state index contributed by atoms with van der Waals surface area (Å²) in [6, 6.07) is 11.6. The van der Waals surface area contributed by atoms with E-state index in [0.29, 0.717) is 41.5 Å². The number of ketones is 1. The molecule has 250 valence electrons. The quantitative estimate of drug-likeness (QED) is 0.311. The Balaban J connectivity index is 1.21. The van der Waals surface area contributed by atoms with Crippen LogP contribution in [0.25, 0.3) is 0 Å². The fourth-order valence-corrected chi connectivity index (χ4v) is 10.7. The lowest BCUT2D eigenvalue weighted by Gasteiger charge is -2.48. The van der Waals surface area contributed by atoms with Crippen LogP contribution in [0.5, 0.6) is 34.5 Å². The molecule has 0 radical (unpaired) electrons. The summed E-state index contributed by atoms with van der Waals surface area (Å²) in [5.41, 5.74) is 5.58. The van der Waals surface area contributed by atoms with E-state index in [-0.39, 0.29) is 59.6 Å². The van der Waals surface area contributed by atoms with Gasteiger partial charge in [-0.05, 0) is 108 Å². The molecule has 2 aliphatic heterocycles. The normalized spacial score (nSPS) is 32.4. The molecule has 8 atom stereocenters. The standard InChI is InChI=1S/C39H40O9/c1-39-9-8-20-21(27(39)6-7-33(39)41)5-4-18-10-28(40)25(13-22(18)20)35-24-15-30-29(47-17-48-30)14-23(24)34(36-26(35)16-46-38(36)43)19-11-31(44-2)37(42)32(12-19)45-3/h10-15,20-21,26-27,34-36,40,42H,4-9,16-17H2,1-3H3/t20-,21+,26+,27-,34+,35-,36-,39-/m0/s1. The topological polar surface area (TPSA) is 121 Å². The molecule has 48 heavy (non-hydrogen) atoms. The molecule has 9 heteroatoms. The molecule has 0 unspecified atom stereocenters. The van der Waals surface area contributed by atoms with E-state index in [2.05, 4.69) is 13.0 Å². The molecule has 9 nitrogen and oxygen atoms in total. The number of rotatable bonds is 4. The number of methoxy groups -OCH3 is 2. The van der Waals surface area contributed by atoms with Crippen LogP contribution in [0, 0.1) is 29.1 Å². The van der Waals surface area contributed by atoms with Crippen molar-refractivity contribution in [2.75, 3.05) is 27.6 Å². The smallest absolute Gasteiger partial charge is 0.310 e. The number of benzene rings is 3. The second-order valence-electron chi connectivity index (χ2n) is 14.8. The summed E-state index contributed by atoms with van der Waals surface area (Å²) < 4.78 is 28.6. The van der Waals surface area contributed by atoms with E-state index in [1.54, 1.807) is 12.1 Å². The third-order valence-corrected chi connectivity index (χ3v) is 13.0. The van der Waals surface area contributed by atoms with Gasteiger partial charge >= 0.3 is 5.97 Å². The minimum Gasteiger partial charge on any atom is -0.508 e. The van der Waals surface area contributed by atoms with Gasteiger partial charge in [-0.1, -0.05) is 13.0 Å². The predicted molar refractivity (Wildman–Crippen MR) is 173 cm³/mol. The zero-order valence-corrected chi connectivity index (χ0v) is 27.4. The van der Waals surface area contributed by atoms with Crippen LogP contribution in [-0.2, 0) is 20.7 Å². The highest BCUT2D eigenvalue weighted by atomic mass is 16.7. The fourth-order valence-electron chi connectivity index (χ4n) is 10.7. The third kappa shape index (κ3) is 4.02. The van der Waals surface area contributed by atoms with Crippen molar-refractivity contribution in [3.8, 4) is 34.5 Å². The van der Waals surface area contributed by atoms with E-state index >= 15 is 0 Å². The van der Waals surface area contributed by atoms with Gasteiger partial charge in [-0.25, -0.2) is 0 Å². The molecule has 6 aliphatic rings. The second-order valence-corrected chi connectivity index (χ2v) is 14.8. The van der Waals surface area contributed by atoms with Crippen LogP contribution in [-0.4, -0.2) is 49.6 Å². The summed E-state index contributed by atoms with van der Waals surface area (Å²) in [5, 5.41) is 22.5. The molecular weight excluding hydrogens is 612 g/mol. The van der Waals surface area contributed by atoms with Crippen molar-refractivity contribution < 1.29 is 43.5 Å². The molecule has 1 saturated heterocycles. The van der Waals surface area contributed by atoms with Crippen molar-refractivity contribution in [3.05, 3.63) is 69.8 Å². The third-order valence-electron chi connectivity index (χ3n) is 13.0. The number of fused-ring (bicyclic) bond motifs is 8. The lowest BCUT2D eigenvalue weighted by atomic mass is 9.55. The van der Waals surface area contributed by atoms with E-state index in [9.17, 15) is 19.8 Å². The van der Waals surface area contributed by atoms with Gasteiger partial charge in [0.15, 0.2) is 23.0 Å². The molecule has 0 spiro atoms. The first kappa shape index (κ1) is 29.7. The average molecular weight is 653 g/mol. The molecular formula is C39H40O9.